The zero-order chi connectivity index (χ0) is 18.0. The highest BCUT2D eigenvalue weighted by atomic mass is 19.4. The summed E-state index contributed by atoms with van der Waals surface area (Å²) < 4.78 is 49.8. The number of hydrogen-bond acceptors (Lipinski definition) is 2. The largest absolute Gasteiger partial charge is 0.416 e. The standard InChI is InChI=1S/C16H20F4N2O2/c17-13(11-23)5-3-1-2-4-10-21-15(24)22-14-8-6-12(7-9-14)16(18,19)20/h5-9,23H,1-4,10-11H2,(H2,21,22,24)/b13-5+. The zero-order valence-electron chi connectivity index (χ0n) is 13.0. The van der Waals surface area contributed by atoms with E-state index >= 15 is 0 Å². The topological polar surface area (TPSA) is 61.4 Å². The summed E-state index contributed by atoms with van der Waals surface area (Å²) in [6.45, 7) is -0.190. The molecule has 2 amide bonds. The fraction of sp³-hybridized carbons (Fsp3) is 0.438. The second-order valence-corrected chi connectivity index (χ2v) is 5.11. The van der Waals surface area contributed by atoms with E-state index in [0.717, 1.165) is 25.0 Å². The van der Waals surface area contributed by atoms with Crippen LogP contribution in [0.15, 0.2) is 36.2 Å². The molecule has 0 radical (unpaired) electrons. The van der Waals surface area contributed by atoms with Gasteiger partial charge in [-0.1, -0.05) is 12.5 Å². The SMILES string of the molecule is O=C(NCCCCC/C=C(/F)CO)Nc1ccc(C(F)(F)F)cc1. The maximum atomic E-state index is 12.6. The number of allylic oxidation sites excluding steroid dienone is 1. The Kier molecular flexibility index (Phi) is 8.25. The summed E-state index contributed by atoms with van der Waals surface area (Å²) >= 11 is 0. The molecule has 8 heteroatoms. The van der Waals surface area contributed by atoms with Crippen molar-refractivity contribution in [2.45, 2.75) is 31.9 Å². The van der Waals surface area contributed by atoms with Crippen molar-refractivity contribution in [3.8, 4) is 0 Å². The molecular weight excluding hydrogens is 328 g/mol. The normalized spacial score (nSPS) is 12.1. The molecule has 134 valence electrons. The van der Waals surface area contributed by atoms with Gasteiger partial charge in [0.15, 0.2) is 0 Å². The minimum atomic E-state index is -4.41. The van der Waals surface area contributed by atoms with Gasteiger partial charge in [0.25, 0.3) is 0 Å². The molecule has 0 saturated heterocycles. The molecule has 0 unspecified atom stereocenters. The van der Waals surface area contributed by atoms with Crippen LogP contribution >= 0.6 is 0 Å². The van der Waals surface area contributed by atoms with Crippen LogP contribution in [0.5, 0.6) is 0 Å². The van der Waals surface area contributed by atoms with Gasteiger partial charge in [0.1, 0.15) is 5.83 Å². The van der Waals surface area contributed by atoms with Gasteiger partial charge in [0.2, 0.25) is 0 Å². The Morgan fingerprint density at radius 3 is 2.38 bits per heavy atom. The quantitative estimate of drug-likeness (QED) is 0.486. The molecule has 3 N–H and O–H groups in total. The van der Waals surface area contributed by atoms with Crippen molar-refractivity contribution in [1.82, 2.24) is 5.32 Å². The van der Waals surface area contributed by atoms with Gasteiger partial charge in [-0.15, -0.1) is 0 Å². The molecule has 0 atom stereocenters. The predicted octanol–water partition coefficient (Wildman–Crippen LogP) is 4.23. The number of rotatable bonds is 8. The fourth-order valence-corrected chi connectivity index (χ4v) is 1.89. The molecule has 0 fully saturated rings. The zero-order valence-corrected chi connectivity index (χ0v) is 13.0. The van der Waals surface area contributed by atoms with E-state index < -0.39 is 30.2 Å². The van der Waals surface area contributed by atoms with Crippen molar-refractivity contribution in [3.63, 3.8) is 0 Å². The van der Waals surface area contributed by atoms with Crippen molar-refractivity contribution < 1.29 is 27.5 Å². The van der Waals surface area contributed by atoms with E-state index in [1.807, 2.05) is 0 Å². The minimum absolute atomic E-state index is 0.269. The number of alkyl halides is 3. The Bertz CT molecular complexity index is 542. The molecule has 0 aliphatic rings. The van der Waals surface area contributed by atoms with Crippen LogP contribution in [-0.2, 0) is 6.18 Å². The average molecular weight is 348 g/mol. The third-order valence-corrected chi connectivity index (χ3v) is 3.15. The van der Waals surface area contributed by atoms with Gasteiger partial charge in [-0.3, -0.25) is 0 Å². The molecule has 1 aromatic rings. The van der Waals surface area contributed by atoms with Crippen LogP contribution in [0, 0.1) is 0 Å². The van der Waals surface area contributed by atoms with Gasteiger partial charge in [-0.25, -0.2) is 9.18 Å². The number of urea groups is 1. The highest BCUT2D eigenvalue weighted by Gasteiger charge is 2.29. The van der Waals surface area contributed by atoms with Crippen LogP contribution in [0.25, 0.3) is 0 Å². The summed E-state index contributed by atoms with van der Waals surface area (Å²) in [4.78, 5) is 11.6. The maximum absolute atomic E-state index is 12.6. The lowest BCUT2D eigenvalue weighted by atomic mass is 10.2. The lowest BCUT2D eigenvalue weighted by Gasteiger charge is -2.09. The number of anilines is 1. The number of halogens is 4. The number of unbranched alkanes of at least 4 members (excludes halogenated alkanes) is 3. The lowest BCUT2D eigenvalue weighted by Crippen LogP contribution is -2.29. The van der Waals surface area contributed by atoms with Crippen LogP contribution in [-0.4, -0.2) is 24.3 Å². The molecule has 0 heterocycles. The van der Waals surface area contributed by atoms with Crippen LogP contribution in [0.2, 0.25) is 0 Å². The third-order valence-electron chi connectivity index (χ3n) is 3.15. The lowest BCUT2D eigenvalue weighted by molar-refractivity contribution is -0.137. The van der Waals surface area contributed by atoms with E-state index in [-0.39, 0.29) is 5.69 Å². The van der Waals surface area contributed by atoms with E-state index in [9.17, 15) is 22.4 Å². The number of amides is 2. The number of aliphatic hydroxyl groups excluding tert-OH is 1. The van der Waals surface area contributed by atoms with Crippen molar-refractivity contribution in [3.05, 3.63) is 41.7 Å². The summed E-state index contributed by atoms with van der Waals surface area (Å²) in [5.41, 5.74) is -0.509. The fourth-order valence-electron chi connectivity index (χ4n) is 1.89. The molecule has 1 rings (SSSR count). The van der Waals surface area contributed by atoms with Gasteiger partial charge in [-0.2, -0.15) is 13.2 Å². The molecule has 0 saturated carbocycles. The highest BCUT2D eigenvalue weighted by Crippen LogP contribution is 2.29. The van der Waals surface area contributed by atoms with Gasteiger partial charge >= 0.3 is 12.2 Å². The van der Waals surface area contributed by atoms with Crippen molar-refractivity contribution >= 4 is 11.7 Å². The maximum Gasteiger partial charge on any atom is 0.416 e. The first kappa shape index (κ1) is 20.0. The molecule has 0 aromatic heterocycles. The molecule has 24 heavy (non-hydrogen) atoms. The van der Waals surface area contributed by atoms with Crippen LogP contribution < -0.4 is 10.6 Å². The van der Waals surface area contributed by atoms with Gasteiger partial charge < -0.3 is 15.7 Å². The summed E-state index contributed by atoms with van der Waals surface area (Å²) in [7, 11) is 0. The Hall–Kier alpha value is -2.09. The first-order chi connectivity index (χ1) is 11.3. The molecule has 1 aromatic carbocycles. The molecule has 0 spiro atoms. The highest BCUT2D eigenvalue weighted by molar-refractivity contribution is 5.89. The molecule has 0 bridgehead atoms. The second kappa shape index (κ2) is 9.92. The number of benzene rings is 1. The van der Waals surface area contributed by atoms with Crippen LogP contribution in [0.3, 0.4) is 0 Å². The Morgan fingerprint density at radius 2 is 1.79 bits per heavy atom. The Morgan fingerprint density at radius 1 is 1.12 bits per heavy atom. The van der Waals surface area contributed by atoms with Crippen molar-refractivity contribution in [2.75, 3.05) is 18.5 Å². The predicted molar refractivity (Wildman–Crippen MR) is 83.2 cm³/mol. The summed E-state index contributed by atoms with van der Waals surface area (Å²) in [6, 6.07) is 3.67. The molecule has 0 aliphatic heterocycles. The van der Waals surface area contributed by atoms with Gasteiger partial charge in [0.05, 0.1) is 12.2 Å². The van der Waals surface area contributed by atoms with Crippen LogP contribution in [0.1, 0.15) is 31.2 Å². The molecule has 0 aliphatic carbocycles. The van der Waals surface area contributed by atoms with E-state index in [1.54, 1.807) is 0 Å². The Balaban J connectivity index is 2.20. The first-order valence-corrected chi connectivity index (χ1v) is 7.50. The number of hydrogen-bond donors (Lipinski definition) is 3. The van der Waals surface area contributed by atoms with E-state index in [4.69, 9.17) is 5.11 Å². The summed E-state index contributed by atoms with van der Waals surface area (Å²) in [6.07, 6.45) is -0.370. The van der Waals surface area contributed by atoms with Gasteiger partial charge in [0, 0.05) is 12.2 Å². The number of carbonyl (C=O) groups is 1. The van der Waals surface area contributed by atoms with Gasteiger partial charge in [-0.05, 0) is 43.5 Å². The monoisotopic (exact) mass is 348 g/mol. The van der Waals surface area contributed by atoms with Crippen molar-refractivity contribution in [2.24, 2.45) is 0 Å². The Labute approximate surface area is 137 Å². The first-order valence-electron chi connectivity index (χ1n) is 7.50. The second-order valence-electron chi connectivity index (χ2n) is 5.11. The molecule has 4 nitrogen and oxygen atoms in total. The number of aliphatic hydroxyl groups is 1. The third kappa shape index (κ3) is 7.96. The summed E-state index contributed by atoms with van der Waals surface area (Å²) in [5.74, 6) is -0.552. The molecular formula is C16H20F4N2O2. The summed E-state index contributed by atoms with van der Waals surface area (Å²) in [5, 5.41) is 13.5. The van der Waals surface area contributed by atoms with E-state index in [2.05, 4.69) is 10.6 Å². The van der Waals surface area contributed by atoms with E-state index in [0.29, 0.717) is 19.4 Å². The average Bonchev–Trinajstić information content (AvgIpc) is 2.53. The van der Waals surface area contributed by atoms with E-state index in [1.165, 1.54) is 18.2 Å². The van der Waals surface area contributed by atoms with Crippen LogP contribution in [0.4, 0.5) is 28.0 Å². The minimum Gasteiger partial charge on any atom is -0.389 e. The number of carbonyl (C=O) groups excluding carboxylic acids is 1. The smallest absolute Gasteiger partial charge is 0.389 e. The van der Waals surface area contributed by atoms with Crippen molar-refractivity contribution in [1.29, 1.82) is 0 Å². The number of nitrogens with one attached hydrogen (secondary N) is 2.